The number of benzene rings is 1. The number of sulfonamides is 1. The molecule has 0 heterocycles. The SMILES string of the molecule is CCN(C1CCCC1)S(=O)(=O)c1cc(Br)cc(CN)c1F. The van der Waals surface area contributed by atoms with E-state index in [0.717, 1.165) is 25.7 Å². The summed E-state index contributed by atoms with van der Waals surface area (Å²) in [6.07, 6.45) is 3.72. The van der Waals surface area contributed by atoms with Gasteiger partial charge in [0, 0.05) is 29.2 Å². The molecule has 0 bridgehead atoms. The third-order valence-electron chi connectivity index (χ3n) is 3.93. The monoisotopic (exact) mass is 378 g/mol. The molecule has 21 heavy (non-hydrogen) atoms. The molecule has 1 fully saturated rings. The van der Waals surface area contributed by atoms with Crippen LogP contribution in [0.3, 0.4) is 0 Å². The minimum absolute atomic E-state index is 0.0280. The zero-order chi connectivity index (χ0) is 15.6. The van der Waals surface area contributed by atoms with Crippen molar-refractivity contribution in [1.29, 1.82) is 0 Å². The van der Waals surface area contributed by atoms with Crippen molar-refractivity contribution >= 4 is 26.0 Å². The second-order valence-electron chi connectivity index (χ2n) is 5.23. The zero-order valence-electron chi connectivity index (χ0n) is 12.0. The topological polar surface area (TPSA) is 63.4 Å². The lowest BCUT2D eigenvalue weighted by Gasteiger charge is -2.27. The van der Waals surface area contributed by atoms with Crippen LogP contribution in [0.4, 0.5) is 4.39 Å². The molecule has 0 aliphatic heterocycles. The molecule has 1 aliphatic rings. The number of nitrogens with zero attached hydrogens (tertiary/aromatic N) is 1. The smallest absolute Gasteiger partial charge is 0.246 e. The highest BCUT2D eigenvalue weighted by molar-refractivity contribution is 9.10. The third-order valence-corrected chi connectivity index (χ3v) is 6.41. The lowest BCUT2D eigenvalue weighted by molar-refractivity contribution is 0.333. The van der Waals surface area contributed by atoms with Gasteiger partial charge in [-0.1, -0.05) is 35.7 Å². The number of hydrogen-bond acceptors (Lipinski definition) is 3. The summed E-state index contributed by atoms with van der Waals surface area (Å²) in [4.78, 5) is -0.286. The molecule has 1 aromatic rings. The fourth-order valence-electron chi connectivity index (χ4n) is 2.90. The molecule has 0 atom stereocenters. The van der Waals surface area contributed by atoms with Gasteiger partial charge in [-0.3, -0.25) is 0 Å². The quantitative estimate of drug-likeness (QED) is 0.856. The standard InChI is InChI=1S/C14H20BrFN2O2S/c1-2-18(12-5-3-4-6-12)21(19,20)13-8-11(15)7-10(9-17)14(13)16/h7-8,12H,2-6,9,17H2,1H3. The van der Waals surface area contributed by atoms with Crippen molar-refractivity contribution in [1.82, 2.24) is 4.31 Å². The maximum Gasteiger partial charge on any atom is 0.246 e. The first-order valence-corrected chi connectivity index (χ1v) is 9.35. The molecule has 0 saturated heterocycles. The fourth-order valence-corrected chi connectivity index (χ4v) is 5.38. The molecule has 2 rings (SSSR count). The lowest BCUT2D eigenvalue weighted by atomic mass is 10.2. The Morgan fingerprint density at radius 1 is 1.38 bits per heavy atom. The molecular weight excluding hydrogens is 359 g/mol. The van der Waals surface area contributed by atoms with Crippen molar-refractivity contribution in [3.05, 3.63) is 28.0 Å². The normalized spacial score (nSPS) is 16.8. The highest BCUT2D eigenvalue weighted by Gasteiger charge is 2.34. The highest BCUT2D eigenvalue weighted by atomic mass is 79.9. The van der Waals surface area contributed by atoms with Crippen LogP contribution in [-0.4, -0.2) is 25.3 Å². The summed E-state index contributed by atoms with van der Waals surface area (Å²) in [5.41, 5.74) is 5.69. The molecule has 118 valence electrons. The second-order valence-corrected chi connectivity index (χ2v) is 8.00. The van der Waals surface area contributed by atoms with E-state index >= 15 is 0 Å². The van der Waals surface area contributed by atoms with Crippen molar-refractivity contribution in [2.75, 3.05) is 6.54 Å². The van der Waals surface area contributed by atoms with Gasteiger partial charge in [0.2, 0.25) is 10.0 Å². The van der Waals surface area contributed by atoms with E-state index in [9.17, 15) is 12.8 Å². The molecule has 7 heteroatoms. The van der Waals surface area contributed by atoms with Gasteiger partial charge in [-0.2, -0.15) is 4.31 Å². The van der Waals surface area contributed by atoms with Gasteiger partial charge in [0.25, 0.3) is 0 Å². The summed E-state index contributed by atoms with van der Waals surface area (Å²) < 4.78 is 42.0. The van der Waals surface area contributed by atoms with E-state index in [0.29, 0.717) is 11.0 Å². The molecular formula is C14H20BrFN2O2S. The number of hydrogen-bond donors (Lipinski definition) is 1. The zero-order valence-corrected chi connectivity index (χ0v) is 14.4. The highest BCUT2D eigenvalue weighted by Crippen LogP contribution is 2.31. The molecule has 1 aromatic carbocycles. The predicted molar refractivity (Wildman–Crippen MR) is 83.8 cm³/mol. The first-order chi connectivity index (χ1) is 9.91. The largest absolute Gasteiger partial charge is 0.326 e. The molecule has 1 aliphatic carbocycles. The van der Waals surface area contributed by atoms with Crippen LogP contribution in [0.5, 0.6) is 0 Å². The Balaban J connectivity index is 2.49. The van der Waals surface area contributed by atoms with E-state index < -0.39 is 15.8 Å². The van der Waals surface area contributed by atoms with Crippen molar-refractivity contribution in [2.24, 2.45) is 5.73 Å². The molecule has 4 nitrogen and oxygen atoms in total. The summed E-state index contributed by atoms with van der Waals surface area (Å²) in [5.74, 6) is -0.739. The number of halogens is 2. The van der Waals surface area contributed by atoms with Crippen LogP contribution in [0.2, 0.25) is 0 Å². The lowest BCUT2D eigenvalue weighted by Crippen LogP contribution is -2.39. The summed E-state index contributed by atoms with van der Waals surface area (Å²) >= 11 is 3.23. The molecule has 0 spiro atoms. The van der Waals surface area contributed by atoms with E-state index in [-0.39, 0.29) is 23.0 Å². The predicted octanol–water partition coefficient (Wildman–Crippen LogP) is 3.00. The van der Waals surface area contributed by atoms with Crippen LogP contribution in [0.15, 0.2) is 21.5 Å². The van der Waals surface area contributed by atoms with Crippen LogP contribution in [0, 0.1) is 5.82 Å². The van der Waals surface area contributed by atoms with E-state index in [4.69, 9.17) is 5.73 Å². The maximum atomic E-state index is 14.4. The summed E-state index contributed by atoms with van der Waals surface area (Å²) in [5, 5.41) is 0. The fraction of sp³-hybridized carbons (Fsp3) is 0.571. The Bertz CT molecular complexity index is 616. The number of nitrogens with two attached hydrogens (primary N) is 1. The van der Waals surface area contributed by atoms with Crippen LogP contribution in [-0.2, 0) is 16.6 Å². The van der Waals surface area contributed by atoms with Crippen LogP contribution < -0.4 is 5.73 Å². The van der Waals surface area contributed by atoms with Crippen molar-refractivity contribution in [2.45, 2.75) is 50.1 Å². The molecule has 0 radical (unpaired) electrons. The van der Waals surface area contributed by atoms with E-state index in [1.54, 1.807) is 6.92 Å². The van der Waals surface area contributed by atoms with Gasteiger partial charge in [-0.05, 0) is 25.0 Å². The van der Waals surface area contributed by atoms with Gasteiger partial charge < -0.3 is 5.73 Å². The summed E-state index contributed by atoms with van der Waals surface area (Å²) in [6, 6.07) is 2.81. The number of rotatable bonds is 5. The van der Waals surface area contributed by atoms with E-state index in [1.165, 1.54) is 16.4 Å². The summed E-state index contributed by atoms with van der Waals surface area (Å²) in [7, 11) is -3.85. The molecule has 0 unspecified atom stereocenters. The van der Waals surface area contributed by atoms with Crippen LogP contribution >= 0.6 is 15.9 Å². The second kappa shape index (κ2) is 6.73. The van der Waals surface area contributed by atoms with Gasteiger partial charge in [-0.25, -0.2) is 12.8 Å². The van der Waals surface area contributed by atoms with Gasteiger partial charge in [-0.15, -0.1) is 0 Å². The van der Waals surface area contributed by atoms with E-state index in [2.05, 4.69) is 15.9 Å². The molecule has 1 saturated carbocycles. The Labute approximate surface area is 133 Å². The van der Waals surface area contributed by atoms with Gasteiger partial charge in [0.15, 0.2) is 0 Å². The van der Waals surface area contributed by atoms with Gasteiger partial charge in [0.1, 0.15) is 10.7 Å². The van der Waals surface area contributed by atoms with Gasteiger partial charge in [0.05, 0.1) is 0 Å². The van der Waals surface area contributed by atoms with Crippen LogP contribution in [0.25, 0.3) is 0 Å². The maximum absolute atomic E-state index is 14.4. The van der Waals surface area contributed by atoms with Crippen molar-refractivity contribution in [3.8, 4) is 0 Å². The van der Waals surface area contributed by atoms with Crippen molar-refractivity contribution in [3.63, 3.8) is 0 Å². The van der Waals surface area contributed by atoms with Crippen molar-refractivity contribution < 1.29 is 12.8 Å². The average Bonchev–Trinajstić information content (AvgIpc) is 2.95. The molecule has 0 amide bonds. The first-order valence-electron chi connectivity index (χ1n) is 7.11. The first kappa shape index (κ1) is 16.9. The van der Waals surface area contributed by atoms with Crippen LogP contribution in [0.1, 0.15) is 38.2 Å². The molecule has 0 aromatic heterocycles. The molecule has 2 N–H and O–H groups in total. The third kappa shape index (κ3) is 3.31. The van der Waals surface area contributed by atoms with Gasteiger partial charge >= 0.3 is 0 Å². The average molecular weight is 379 g/mol. The Morgan fingerprint density at radius 2 is 2.00 bits per heavy atom. The minimum atomic E-state index is -3.85. The Kier molecular flexibility index (Phi) is 5.40. The minimum Gasteiger partial charge on any atom is -0.326 e. The Hall–Kier alpha value is -0.500. The van der Waals surface area contributed by atoms with E-state index in [1.807, 2.05) is 0 Å². The summed E-state index contributed by atoms with van der Waals surface area (Å²) in [6.45, 7) is 2.09. The Morgan fingerprint density at radius 3 is 2.52 bits per heavy atom.